The molecule has 4 heteroatoms. The van der Waals surface area contributed by atoms with Crippen LogP contribution < -0.4 is 10.6 Å². The number of aliphatic hydroxyl groups excluding tert-OH is 1. The smallest absolute Gasteiger partial charge is 0.237 e. The average molecular weight is 262 g/mol. The van der Waals surface area contributed by atoms with Crippen LogP contribution in [0, 0.1) is 5.92 Å². The van der Waals surface area contributed by atoms with E-state index in [-0.39, 0.29) is 30.5 Å². The fourth-order valence-corrected chi connectivity index (χ4v) is 2.35. The predicted octanol–water partition coefficient (Wildman–Crippen LogP) is 0.834. The van der Waals surface area contributed by atoms with Gasteiger partial charge in [-0.1, -0.05) is 38.1 Å². The van der Waals surface area contributed by atoms with Gasteiger partial charge in [0.2, 0.25) is 5.91 Å². The Kier molecular flexibility index (Phi) is 4.56. The van der Waals surface area contributed by atoms with Crippen LogP contribution in [0.25, 0.3) is 0 Å². The van der Waals surface area contributed by atoms with Crippen LogP contribution in [0.5, 0.6) is 0 Å². The van der Waals surface area contributed by atoms with E-state index in [9.17, 15) is 9.90 Å². The van der Waals surface area contributed by atoms with Crippen LogP contribution in [-0.2, 0) is 17.8 Å². The third-order valence-electron chi connectivity index (χ3n) is 3.73. The quantitative estimate of drug-likeness (QED) is 0.753. The summed E-state index contributed by atoms with van der Waals surface area (Å²) in [6.45, 7) is 4.68. The van der Waals surface area contributed by atoms with Gasteiger partial charge in [-0.2, -0.15) is 0 Å². The molecule has 3 N–H and O–H groups in total. The van der Waals surface area contributed by atoms with Gasteiger partial charge >= 0.3 is 0 Å². The highest BCUT2D eigenvalue weighted by Gasteiger charge is 2.26. The van der Waals surface area contributed by atoms with E-state index in [1.807, 2.05) is 26.0 Å². The Morgan fingerprint density at radius 1 is 1.42 bits per heavy atom. The van der Waals surface area contributed by atoms with Crippen molar-refractivity contribution in [2.75, 3.05) is 6.61 Å². The molecule has 1 heterocycles. The third kappa shape index (κ3) is 3.33. The van der Waals surface area contributed by atoms with Crippen molar-refractivity contribution in [1.29, 1.82) is 0 Å². The number of rotatable bonds is 4. The van der Waals surface area contributed by atoms with Crippen molar-refractivity contribution in [2.45, 2.75) is 38.9 Å². The van der Waals surface area contributed by atoms with Gasteiger partial charge in [0.25, 0.3) is 0 Å². The molecule has 2 atom stereocenters. The molecule has 19 heavy (non-hydrogen) atoms. The molecule has 0 aromatic heterocycles. The van der Waals surface area contributed by atoms with E-state index >= 15 is 0 Å². The summed E-state index contributed by atoms with van der Waals surface area (Å²) in [7, 11) is 0. The van der Waals surface area contributed by atoms with Crippen molar-refractivity contribution in [3.8, 4) is 0 Å². The fraction of sp³-hybridized carbons (Fsp3) is 0.533. The summed E-state index contributed by atoms with van der Waals surface area (Å²) in [5.74, 6) is 0.201. The van der Waals surface area contributed by atoms with Gasteiger partial charge in [-0.05, 0) is 23.5 Å². The second-order valence-corrected chi connectivity index (χ2v) is 5.45. The lowest BCUT2D eigenvalue weighted by atomic mass is 9.95. The highest BCUT2D eigenvalue weighted by atomic mass is 16.3. The topological polar surface area (TPSA) is 61.4 Å². The highest BCUT2D eigenvalue weighted by Crippen LogP contribution is 2.16. The minimum Gasteiger partial charge on any atom is -0.394 e. The summed E-state index contributed by atoms with van der Waals surface area (Å²) < 4.78 is 0. The Morgan fingerprint density at radius 3 is 2.74 bits per heavy atom. The zero-order valence-corrected chi connectivity index (χ0v) is 11.5. The zero-order valence-electron chi connectivity index (χ0n) is 11.5. The molecule has 4 nitrogen and oxygen atoms in total. The molecule has 1 aromatic rings. The van der Waals surface area contributed by atoms with Crippen LogP contribution in [0.2, 0.25) is 0 Å². The van der Waals surface area contributed by atoms with Gasteiger partial charge in [0.15, 0.2) is 0 Å². The van der Waals surface area contributed by atoms with Crippen LogP contribution in [0.1, 0.15) is 25.0 Å². The molecule has 2 rings (SSSR count). The van der Waals surface area contributed by atoms with E-state index in [0.29, 0.717) is 6.42 Å². The molecule has 2 unspecified atom stereocenters. The molecular weight excluding hydrogens is 240 g/mol. The maximum Gasteiger partial charge on any atom is 0.237 e. The second-order valence-electron chi connectivity index (χ2n) is 5.45. The average Bonchev–Trinajstić information content (AvgIpc) is 2.43. The molecule has 1 aliphatic heterocycles. The molecule has 0 spiro atoms. The van der Waals surface area contributed by atoms with Gasteiger partial charge < -0.3 is 15.7 Å². The van der Waals surface area contributed by atoms with E-state index in [0.717, 1.165) is 6.54 Å². The molecule has 0 fully saturated rings. The standard InChI is InChI=1S/C15H22N2O2/c1-10(2)14(9-18)17-15(19)13-7-11-5-3-4-6-12(11)8-16-13/h3-6,10,13-14,16,18H,7-9H2,1-2H3,(H,17,19). The first-order chi connectivity index (χ1) is 9.11. The number of carbonyl (C=O) groups excluding carboxylic acids is 1. The van der Waals surface area contributed by atoms with Gasteiger partial charge in [0.1, 0.15) is 0 Å². The summed E-state index contributed by atoms with van der Waals surface area (Å²) in [5.41, 5.74) is 2.49. The van der Waals surface area contributed by atoms with Crippen molar-refractivity contribution in [1.82, 2.24) is 10.6 Å². The maximum absolute atomic E-state index is 12.2. The number of aliphatic hydroxyl groups is 1. The minimum atomic E-state index is -0.206. The Labute approximate surface area is 114 Å². The molecule has 0 radical (unpaired) electrons. The van der Waals surface area contributed by atoms with E-state index < -0.39 is 0 Å². The Hall–Kier alpha value is -1.39. The number of amides is 1. The monoisotopic (exact) mass is 262 g/mol. The largest absolute Gasteiger partial charge is 0.394 e. The number of hydrogen-bond acceptors (Lipinski definition) is 3. The molecular formula is C15H22N2O2. The summed E-state index contributed by atoms with van der Waals surface area (Å²) in [6.07, 6.45) is 0.707. The number of hydrogen-bond donors (Lipinski definition) is 3. The zero-order chi connectivity index (χ0) is 13.8. The van der Waals surface area contributed by atoms with Gasteiger partial charge in [-0.15, -0.1) is 0 Å². The molecule has 0 aliphatic carbocycles. The lowest BCUT2D eigenvalue weighted by molar-refractivity contribution is -0.124. The predicted molar refractivity (Wildman–Crippen MR) is 74.6 cm³/mol. The summed E-state index contributed by atoms with van der Waals surface area (Å²) in [6, 6.07) is 7.79. The van der Waals surface area contributed by atoms with Crippen molar-refractivity contribution in [3.63, 3.8) is 0 Å². The first kappa shape index (κ1) is 14.0. The molecule has 0 bridgehead atoms. The normalized spacial score (nSPS) is 19.9. The summed E-state index contributed by atoms with van der Waals surface area (Å²) in [4.78, 5) is 12.2. The van der Waals surface area contributed by atoms with Crippen molar-refractivity contribution in [2.24, 2.45) is 5.92 Å². The molecule has 0 saturated heterocycles. The van der Waals surface area contributed by atoms with Crippen molar-refractivity contribution < 1.29 is 9.90 Å². The molecule has 1 aliphatic rings. The number of carbonyl (C=O) groups is 1. The highest BCUT2D eigenvalue weighted by molar-refractivity contribution is 5.82. The van der Waals surface area contributed by atoms with Crippen LogP contribution in [0.3, 0.4) is 0 Å². The van der Waals surface area contributed by atoms with Crippen LogP contribution in [0.15, 0.2) is 24.3 Å². The first-order valence-corrected chi connectivity index (χ1v) is 6.83. The van der Waals surface area contributed by atoms with Crippen LogP contribution in [-0.4, -0.2) is 29.7 Å². The lowest BCUT2D eigenvalue weighted by Crippen LogP contribution is -2.52. The van der Waals surface area contributed by atoms with Gasteiger partial charge in [0.05, 0.1) is 18.7 Å². The number of benzene rings is 1. The Morgan fingerprint density at radius 2 is 2.11 bits per heavy atom. The van der Waals surface area contributed by atoms with Crippen LogP contribution in [0.4, 0.5) is 0 Å². The lowest BCUT2D eigenvalue weighted by Gasteiger charge is -2.28. The van der Waals surface area contributed by atoms with E-state index in [2.05, 4.69) is 22.8 Å². The SMILES string of the molecule is CC(C)C(CO)NC(=O)C1Cc2ccccc2CN1. The first-order valence-electron chi connectivity index (χ1n) is 6.83. The minimum absolute atomic E-state index is 0.0211. The van der Waals surface area contributed by atoms with Crippen LogP contribution >= 0.6 is 0 Å². The fourth-order valence-electron chi connectivity index (χ4n) is 2.35. The maximum atomic E-state index is 12.2. The van der Waals surface area contributed by atoms with Gasteiger partial charge in [-0.25, -0.2) is 0 Å². The molecule has 0 saturated carbocycles. The van der Waals surface area contributed by atoms with Gasteiger partial charge in [0, 0.05) is 6.54 Å². The van der Waals surface area contributed by atoms with Crippen molar-refractivity contribution in [3.05, 3.63) is 35.4 Å². The van der Waals surface area contributed by atoms with E-state index in [1.54, 1.807) is 0 Å². The molecule has 1 aromatic carbocycles. The Bertz CT molecular complexity index is 446. The van der Waals surface area contributed by atoms with E-state index in [1.165, 1.54) is 11.1 Å². The summed E-state index contributed by atoms with van der Waals surface area (Å²) in [5, 5.41) is 15.4. The van der Waals surface area contributed by atoms with Crippen molar-refractivity contribution >= 4 is 5.91 Å². The third-order valence-corrected chi connectivity index (χ3v) is 3.73. The van der Waals surface area contributed by atoms with E-state index in [4.69, 9.17) is 0 Å². The number of fused-ring (bicyclic) bond motifs is 1. The summed E-state index contributed by atoms with van der Waals surface area (Å²) >= 11 is 0. The molecule has 1 amide bonds. The Balaban J connectivity index is 1.99. The second kappa shape index (κ2) is 6.17. The number of nitrogens with one attached hydrogen (secondary N) is 2. The van der Waals surface area contributed by atoms with Gasteiger partial charge in [-0.3, -0.25) is 4.79 Å². The molecule has 104 valence electrons.